The second-order valence-electron chi connectivity index (χ2n) is 5.07. The van der Waals surface area contributed by atoms with Crippen molar-refractivity contribution in [3.05, 3.63) is 30.3 Å². The molecule has 20 heavy (non-hydrogen) atoms. The van der Waals surface area contributed by atoms with E-state index in [1.165, 1.54) is 0 Å². The van der Waals surface area contributed by atoms with E-state index in [4.69, 9.17) is 14.2 Å². The van der Waals surface area contributed by atoms with Crippen molar-refractivity contribution in [3.63, 3.8) is 0 Å². The second kappa shape index (κ2) is 8.25. The van der Waals surface area contributed by atoms with Crippen molar-refractivity contribution in [1.29, 1.82) is 0 Å². The van der Waals surface area contributed by atoms with Crippen molar-refractivity contribution in [2.75, 3.05) is 26.9 Å². The van der Waals surface area contributed by atoms with Crippen molar-refractivity contribution >= 4 is 0 Å². The second-order valence-corrected chi connectivity index (χ2v) is 5.07. The molecular weight excluding hydrogens is 254 g/mol. The van der Waals surface area contributed by atoms with Gasteiger partial charge in [-0.05, 0) is 31.5 Å². The summed E-state index contributed by atoms with van der Waals surface area (Å²) in [7, 11) is 1.75. The van der Waals surface area contributed by atoms with E-state index in [-0.39, 0.29) is 12.2 Å². The Balaban J connectivity index is 1.60. The summed E-state index contributed by atoms with van der Waals surface area (Å²) in [4.78, 5) is 0. The lowest BCUT2D eigenvalue weighted by Gasteiger charge is -2.43. The summed E-state index contributed by atoms with van der Waals surface area (Å²) in [5, 5.41) is 3.48. The fraction of sp³-hybridized carbons (Fsp3) is 0.625. The predicted molar refractivity (Wildman–Crippen MR) is 79.2 cm³/mol. The number of ether oxygens (including phenoxy) is 3. The molecule has 3 unspecified atom stereocenters. The predicted octanol–water partition coefficient (Wildman–Crippen LogP) is 2.24. The van der Waals surface area contributed by atoms with Gasteiger partial charge in [-0.3, -0.25) is 0 Å². The highest BCUT2D eigenvalue weighted by molar-refractivity contribution is 5.20. The van der Waals surface area contributed by atoms with Gasteiger partial charge >= 0.3 is 0 Å². The number of methoxy groups -OCH3 is 1. The summed E-state index contributed by atoms with van der Waals surface area (Å²) in [5.74, 6) is 0.885. The van der Waals surface area contributed by atoms with Gasteiger partial charge in [0, 0.05) is 13.2 Å². The van der Waals surface area contributed by atoms with Crippen molar-refractivity contribution in [2.24, 2.45) is 0 Å². The molecule has 0 radical (unpaired) electrons. The largest absolute Gasteiger partial charge is 0.491 e. The Morgan fingerprint density at radius 2 is 2.00 bits per heavy atom. The molecule has 112 valence electrons. The third-order valence-corrected chi connectivity index (χ3v) is 3.61. The molecule has 0 aliphatic heterocycles. The number of hydrogen-bond donors (Lipinski definition) is 1. The van der Waals surface area contributed by atoms with Gasteiger partial charge in [-0.15, -0.1) is 0 Å². The van der Waals surface area contributed by atoms with E-state index in [9.17, 15) is 0 Å². The minimum atomic E-state index is 0.165. The van der Waals surface area contributed by atoms with Crippen molar-refractivity contribution < 1.29 is 14.2 Å². The molecule has 1 aromatic carbocycles. The lowest BCUT2D eigenvalue weighted by atomic mass is 9.85. The molecule has 0 heterocycles. The Hall–Kier alpha value is -1.10. The van der Waals surface area contributed by atoms with Gasteiger partial charge in [0.2, 0.25) is 0 Å². The lowest BCUT2D eigenvalue weighted by molar-refractivity contribution is -0.136. The van der Waals surface area contributed by atoms with Crippen LogP contribution in [0.3, 0.4) is 0 Å². The van der Waals surface area contributed by atoms with E-state index in [0.29, 0.717) is 19.3 Å². The molecule has 1 aromatic rings. The van der Waals surface area contributed by atoms with E-state index in [1.54, 1.807) is 7.11 Å². The Morgan fingerprint density at radius 3 is 2.70 bits per heavy atom. The molecule has 0 amide bonds. The molecule has 4 nitrogen and oxygen atoms in total. The Kier molecular flexibility index (Phi) is 6.30. The number of para-hydroxylation sites is 1. The zero-order valence-corrected chi connectivity index (χ0v) is 12.4. The highest BCUT2D eigenvalue weighted by Crippen LogP contribution is 2.26. The minimum absolute atomic E-state index is 0.165. The maximum Gasteiger partial charge on any atom is 0.119 e. The molecule has 0 saturated heterocycles. The first-order valence-corrected chi connectivity index (χ1v) is 7.40. The summed E-state index contributed by atoms with van der Waals surface area (Å²) >= 11 is 0. The fourth-order valence-corrected chi connectivity index (χ4v) is 2.47. The lowest BCUT2D eigenvalue weighted by Crippen LogP contribution is -2.60. The van der Waals surface area contributed by atoms with Gasteiger partial charge < -0.3 is 19.5 Å². The van der Waals surface area contributed by atoms with Gasteiger partial charge in [-0.1, -0.05) is 25.1 Å². The van der Waals surface area contributed by atoms with E-state index >= 15 is 0 Å². The summed E-state index contributed by atoms with van der Waals surface area (Å²) in [5.41, 5.74) is 0. The highest BCUT2D eigenvalue weighted by Gasteiger charge is 2.41. The smallest absolute Gasteiger partial charge is 0.119 e. The number of benzene rings is 1. The average molecular weight is 279 g/mol. The summed E-state index contributed by atoms with van der Waals surface area (Å²) in [6.07, 6.45) is 2.51. The van der Waals surface area contributed by atoms with Crippen LogP contribution in [0.4, 0.5) is 0 Å². The van der Waals surface area contributed by atoms with E-state index in [1.807, 2.05) is 30.3 Å². The SMILES string of the molecule is CCCNC1CC(OCCOc2ccccc2)C1OC. The monoisotopic (exact) mass is 279 g/mol. The molecule has 0 spiro atoms. The van der Waals surface area contributed by atoms with Crippen LogP contribution < -0.4 is 10.1 Å². The van der Waals surface area contributed by atoms with Crippen LogP contribution in [0.25, 0.3) is 0 Å². The number of hydrogen-bond acceptors (Lipinski definition) is 4. The molecule has 1 aliphatic rings. The number of nitrogens with one attached hydrogen (secondary N) is 1. The maximum absolute atomic E-state index is 5.82. The highest BCUT2D eigenvalue weighted by atomic mass is 16.6. The third kappa shape index (κ3) is 4.20. The van der Waals surface area contributed by atoms with E-state index in [2.05, 4.69) is 12.2 Å². The van der Waals surface area contributed by atoms with Crippen LogP contribution in [0, 0.1) is 0 Å². The Bertz CT molecular complexity index is 371. The first-order valence-electron chi connectivity index (χ1n) is 7.40. The molecule has 2 rings (SSSR count). The summed E-state index contributed by atoms with van der Waals surface area (Å²) in [6, 6.07) is 10.2. The molecule has 0 aromatic heterocycles. The first kappa shape index (κ1) is 15.3. The molecule has 1 aliphatic carbocycles. The van der Waals surface area contributed by atoms with E-state index in [0.717, 1.165) is 25.1 Å². The Morgan fingerprint density at radius 1 is 1.20 bits per heavy atom. The van der Waals surface area contributed by atoms with Crippen LogP contribution >= 0.6 is 0 Å². The van der Waals surface area contributed by atoms with Crippen LogP contribution in [0.15, 0.2) is 30.3 Å². The van der Waals surface area contributed by atoms with Gasteiger partial charge in [0.05, 0.1) is 18.8 Å². The first-order chi connectivity index (χ1) is 9.85. The average Bonchev–Trinajstić information content (AvgIpc) is 2.46. The van der Waals surface area contributed by atoms with Gasteiger partial charge in [-0.2, -0.15) is 0 Å². The normalized spacial score (nSPS) is 25.2. The summed E-state index contributed by atoms with van der Waals surface area (Å²) in [6.45, 7) is 4.38. The standard InChI is InChI=1S/C16H25NO3/c1-3-9-17-14-12-15(16(14)18-2)20-11-10-19-13-7-5-4-6-8-13/h4-8,14-17H,3,9-12H2,1-2H3. The summed E-state index contributed by atoms with van der Waals surface area (Å²) < 4.78 is 16.9. The van der Waals surface area contributed by atoms with Crippen molar-refractivity contribution in [2.45, 2.75) is 38.0 Å². The van der Waals surface area contributed by atoms with Crippen LogP contribution in [0.2, 0.25) is 0 Å². The van der Waals surface area contributed by atoms with Gasteiger partial charge in [-0.25, -0.2) is 0 Å². The van der Waals surface area contributed by atoms with Gasteiger partial charge in [0.15, 0.2) is 0 Å². The maximum atomic E-state index is 5.82. The molecule has 1 saturated carbocycles. The molecular formula is C16H25NO3. The zero-order valence-electron chi connectivity index (χ0n) is 12.4. The third-order valence-electron chi connectivity index (χ3n) is 3.61. The van der Waals surface area contributed by atoms with Gasteiger partial charge in [0.25, 0.3) is 0 Å². The molecule has 1 N–H and O–H groups in total. The molecule has 4 heteroatoms. The Labute approximate surface area is 121 Å². The van der Waals surface area contributed by atoms with Crippen molar-refractivity contribution in [1.82, 2.24) is 5.32 Å². The zero-order chi connectivity index (χ0) is 14.2. The molecule has 1 fully saturated rings. The van der Waals surface area contributed by atoms with Crippen LogP contribution in [0.5, 0.6) is 5.75 Å². The topological polar surface area (TPSA) is 39.7 Å². The quantitative estimate of drug-likeness (QED) is 0.704. The molecule has 3 atom stereocenters. The molecule has 0 bridgehead atoms. The van der Waals surface area contributed by atoms with Crippen molar-refractivity contribution in [3.8, 4) is 5.75 Å². The van der Waals surface area contributed by atoms with Crippen LogP contribution in [-0.4, -0.2) is 45.1 Å². The van der Waals surface area contributed by atoms with Gasteiger partial charge in [0.1, 0.15) is 12.4 Å². The van der Waals surface area contributed by atoms with Crippen LogP contribution in [0.1, 0.15) is 19.8 Å². The van der Waals surface area contributed by atoms with E-state index < -0.39 is 0 Å². The fourth-order valence-electron chi connectivity index (χ4n) is 2.47. The van der Waals surface area contributed by atoms with Crippen LogP contribution in [-0.2, 0) is 9.47 Å². The minimum Gasteiger partial charge on any atom is -0.491 e. The number of rotatable bonds is 9.